The van der Waals surface area contributed by atoms with Crippen molar-refractivity contribution in [1.29, 1.82) is 5.41 Å². The van der Waals surface area contributed by atoms with Gasteiger partial charge in [-0.3, -0.25) is 91.7 Å². The van der Waals surface area contributed by atoms with Crippen molar-refractivity contribution >= 4 is 124 Å². The van der Waals surface area contributed by atoms with Gasteiger partial charge >= 0.3 is 5.97 Å². The van der Waals surface area contributed by atoms with Crippen molar-refractivity contribution in [3.63, 3.8) is 0 Å². The molecule has 10 rings (SSSR count). The third kappa shape index (κ3) is 26.2. The predicted octanol–water partition coefficient (Wildman–Crippen LogP) is -5.92. The fraction of sp³-hybridized carbons (Fsp3) is 0.631. The number of carboxylic acids is 1. The van der Waals surface area contributed by atoms with E-state index in [9.17, 15) is 86.9 Å². The molecule has 0 unspecified atom stereocenters. The number of carboxylic acid groups (broad SMARTS) is 1. The third-order valence-corrected chi connectivity index (χ3v) is 25.3. The van der Waals surface area contributed by atoms with Crippen LogP contribution in [-0.4, -0.2) is 357 Å². The molecule has 0 bridgehead atoms. The number of benzene rings is 1. The van der Waals surface area contributed by atoms with Crippen LogP contribution in [0.3, 0.4) is 0 Å². The Morgan fingerprint density at radius 3 is 1.32 bits per heavy atom. The summed E-state index contributed by atoms with van der Waals surface area (Å²) in [6.45, 7) is 4.83. The summed E-state index contributed by atoms with van der Waals surface area (Å²) in [4.78, 5) is 276. The van der Waals surface area contributed by atoms with E-state index in [0.717, 1.165) is 0 Å². The van der Waals surface area contributed by atoms with Crippen LogP contribution in [0.25, 0.3) is 0 Å². The number of nitrogens with one attached hydrogen (secondary N) is 14. The van der Waals surface area contributed by atoms with Gasteiger partial charge in [0, 0.05) is 95.4 Å². The summed E-state index contributed by atoms with van der Waals surface area (Å²) in [6, 6.07) is -10.3. The van der Waals surface area contributed by atoms with Crippen LogP contribution in [0.15, 0.2) is 55.4 Å². The predicted molar refractivity (Wildman–Crippen MR) is 466 cm³/mol. The first-order valence-electron chi connectivity index (χ1n) is 44.5. The van der Waals surface area contributed by atoms with Crippen LogP contribution in [0, 0.1) is 5.41 Å². The Balaban J connectivity index is 0.720. The van der Waals surface area contributed by atoms with Crippen molar-refractivity contribution in [2.45, 2.75) is 259 Å². The number of aliphatic carboxylic acids is 1. The van der Waals surface area contributed by atoms with Crippen molar-refractivity contribution in [1.82, 2.24) is 113 Å². The first kappa shape index (κ1) is 99.8. The summed E-state index contributed by atoms with van der Waals surface area (Å²) >= 11 is 1.50. The van der Waals surface area contributed by atoms with Crippen molar-refractivity contribution in [2.24, 2.45) is 11.5 Å². The van der Waals surface area contributed by atoms with E-state index in [4.69, 9.17) is 16.9 Å². The van der Waals surface area contributed by atoms with Gasteiger partial charge in [-0.25, -0.2) is 9.97 Å². The summed E-state index contributed by atoms with van der Waals surface area (Å²) < 4.78 is 0. The zero-order chi connectivity index (χ0) is 94.2. The lowest BCUT2D eigenvalue weighted by Crippen LogP contribution is -2.61. The molecule has 1 aromatic carbocycles. The summed E-state index contributed by atoms with van der Waals surface area (Å²) in [5.74, 6) is -12.9. The number of nitrogens with two attached hydrogens (primary N) is 2. The molecule has 46 heteroatoms. The highest BCUT2D eigenvalue weighted by Crippen LogP contribution is 2.33. The van der Waals surface area contributed by atoms with Gasteiger partial charge in [0.2, 0.25) is 100 Å². The number of hydrogen-bond acceptors (Lipinski definition) is 24. The van der Waals surface area contributed by atoms with Crippen LogP contribution in [0.5, 0.6) is 0 Å². The van der Waals surface area contributed by atoms with Gasteiger partial charge in [0.15, 0.2) is 5.96 Å². The van der Waals surface area contributed by atoms with E-state index < -0.39 is 222 Å². The highest BCUT2D eigenvalue weighted by molar-refractivity contribution is 7.98. The van der Waals surface area contributed by atoms with Crippen LogP contribution in [0.2, 0.25) is 0 Å². The Labute approximate surface area is 755 Å². The second-order valence-corrected chi connectivity index (χ2v) is 35.0. The second kappa shape index (κ2) is 47.3. The number of rotatable bonds is 42. The number of aliphatic hydroxyl groups is 1. The molecule has 0 aliphatic carbocycles. The van der Waals surface area contributed by atoms with E-state index >= 15 is 9.59 Å². The maximum atomic E-state index is 15.2. The maximum Gasteiger partial charge on any atom is 0.325 e. The summed E-state index contributed by atoms with van der Waals surface area (Å²) in [5, 5.41) is 56.5. The van der Waals surface area contributed by atoms with Crippen LogP contribution in [0.4, 0.5) is 0 Å². The van der Waals surface area contributed by atoms with E-state index in [-0.39, 0.29) is 123 Å². The molecule has 0 radical (unpaired) electrons. The Morgan fingerprint density at radius 2 is 0.854 bits per heavy atom. The van der Waals surface area contributed by atoms with E-state index in [1.807, 2.05) is 6.26 Å². The molecule has 9 heterocycles. The van der Waals surface area contributed by atoms with Crippen molar-refractivity contribution in [3.8, 4) is 0 Å². The molecule has 20 N–H and O–H groups in total. The highest BCUT2D eigenvalue weighted by atomic mass is 32.2. The molecule has 130 heavy (non-hydrogen) atoms. The molecule has 710 valence electrons. The van der Waals surface area contributed by atoms with Crippen LogP contribution in [0.1, 0.15) is 154 Å². The van der Waals surface area contributed by atoms with Crippen molar-refractivity contribution in [3.05, 3.63) is 72.3 Å². The number of thioether (sulfide) groups is 1. The Hall–Kier alpha value is -12.4. The molecule has 0 saturated carbocycles. The Morgan fingerprint density at radius 1 is 0.454 bits per heavy atom. The number of imidazole rings is 2. The quantitative estimate of drug-likeness (QED) is 0.0143. The molecule has 0 spiro atoms. The fourth-order valence-electron chi connectivity index (χ4n) is 17.7. The number of aromatic nitrogens is 4. The van der Waals surface area contributed by atoms with E-state index in [1.165, 1.54) is 98.8 Å². The smallest absolute Gasteiger partial charge is 0.325 e. The molecule has 45 nitrogen and oxygen atoms in total. The lowest BCUT2D eigenvalue weighted by Gasteiger charge is -2.36. The number of aromatic amines is 2. The largest absolute Gasteiger partial charge is 0.480 e. The molecule has 17 atom stereocenters. The number of guanidine groups is 1. The molecule has 7 aliphatic rings. The van der Waals surface area contributed by atoms with Gasteiger partial charge in [-0.1, -0.05) is 30.3 Å². The minimum absolute atomic E-state index is 0.0256. The molecule has 7 aliphatic heterocycles. The standard InChI is InChI=1S/C84H123N25O20S/c1-46(95-65(111)42-91-71(116)54(19-9-28-90-84(86)87)98-66(112)43-92-72(117)55(37-50-17-7-6-8-18-50)99-70(115)53(85)27-36-130-5)68(113)96-47(2)69(114)100-56(38-51-40-88-44-93-51)76(121)103-29-10-21-59(103)74(119)101-57(39-52-41-89-45-94-52)77(122)106-32-13-23-61(106)78(123)105-31-12-22-60(105)75(120)102-67(49(4)110)82(127)109-35-16-26-64(109)81(126)108-34-15-25-63(108)80(125)107-33-14-24-62(107)79(124)104-30-11-20-58(104)73(118)97-48(3)83(128)129/h6-8,17-18,40-41,44-49,53-64,67,110H,9-16,19-39,42-43,85H2,1-5H3,(H,88,93)(H,89,94)(H,91,116)(H,92,117)(H,95,111)(H,96,113)(H,97,118)(H,98,112)(H,99,115)(H,100,114)(H,101,119)(H,102,120)(H,128,129)(H4,86,87,90)/t46-,47-,48-,49+,53-,54-,55-,56-,57-,58-,59-,60-,61-,62-,63-,64-,67-/m0/s1. The normalized spacial score (nSPS) is 21.8. The second-order valence-electron chi connectivity index (χ2n) is 34.0. The molecule has 7 saturated heterocycles. The van der Waals surface area contributed by atoms with Crippen molar-refractivity contribution < 1.29 is 96.5 Å². The van der Waals surface area contributed by atoms with Gasteiger partial charge in [-0.15, -0.1) is 0 Å². The van der Waals surface area contributed by atoms with Crippen LogP contribution >= 0.6 is 11.8 Å². The zero-order valence-corrected chi connectivity index (χ0v) is 74.6. The topological polar surface area (TPSA) is 636 Å². The maximum absolute atomic E-state index is 15.2. The van der Waals surface area contributed by atoms with Gasteiger partial charge in [0.05, 0.1) is 37.9 Å². The summed E-state index contributed by atoms with van der Waals surface area (Å²) in [6.07, 6.45) is 10.4. The van der Waals surface area contributed by atoms with Gasteiger partial charge in [0.25, 0.3) is 0 Å². The van der Waals surface area contributed by atoms with E-state index in [2.05, 4.69) is 78.4 Å². The number of hydrogen-bond donors (Lipinski definition) is 18. The first-order valence-corrected chi connectivity index (χ1v) is 45.9. The molecule has 3 aromatic rings. The minimum atomic E-state index is -1.61. The number of nitrogens with zero attached hydrogens (tertiary/aromatic N) is 9. The lowest BCUT2D eigenvalue weighted by molar-refractivity contribution is -0.153. The van der Waals surface area contributed by atoms with Gasteiger partial charge in [0.1, 0.15) is 90.6 Å². The number of aliphatic hydroxyl groups excluding tert-OH is 1. The number of H-pyrrole nitrogens is 2. The SMILES string of the molecule is CSCC[C@H](N)C(=O)N[C@@H](Cc1ccccc1)C(=O)NCC(=O)N[C@@H](CCCNC(=N)N)C(=O)NCC(=O)N[C@@H](C)C(=O)N[C@@H](C)C(=O)N[C@@H](Cc1cnc[nH]1)C(=O)N1CCC[C@H]1C(=O)N[C@@H](Cc1cnc[nH]1)C(=O)N1CCC[C@H]1C(=O)N1CCC[C@H]1C(=O)N[C@H](C(=O)N1CCC[C@H]1C(=O)N1CCC[C@H]1C(=O)N1CCC[C@H]1C(=O)N1CCC[C@H]1C(=O)N[C@@H](C)C(=O)O)[C@@H](C)O. The van der Waals surface area contributed by atoms with Crippen LogP contribution < -0.4 is 70.0 Å². The van der Waals surface area contributed by atoms with E-state index in [1.54, 1.807) is 30.3 Å². The molecular formula is C84H123N25O20S. The molecule has 17 amide bonds. The average Bonchev–Trinajstić information content (AvgIpc) is 1.63. The summed E-state index contributed by atoms with van der Waals surface area (Å²) in [5.41, 5.74) is 13.0. The highest BCUT2D eigenvalue weighted by Gasteiger charge is 2.51. The Bertz CT molecular complexity index is 4570. The average molecular weight is 1840 g/mol. The van der Waals surface area contributed by atoms with Gasteiger partial charge in [-0.2, -0.15) is 11.8 Å². The van der Waals surface area contributed by atoms with Gasteiger partial charge < -0.3 is 124 Å². The van der Waals surface area contributed by atoms with Crippen LogP contribution in [-0.2, 0) is 106 Å². The van der Waals surface area contributed by atoms with E-state index in [0.29, 0.717) is 86.9 Å². The minimum Gasteiger partial charge on any atom is -0.480 e. The van der Waals surface area contributed by atoms with Crippen molar-refractivity contribution in [2.75, 3.05) is 77.5 Å². The number of amides is 17. The Kier molecular flexibility index (Phi) is 36.3. The monoisotopic (exact) mass is 1830 g/mol. The van der Waals surface area contributed by atoms with Gasteiger partial charge in [-0.05, 0) is 154 Å². The first-order chi connectivity index (χ1) is 62.1. The number of likely N-dealkylation sites (tertiary alicyclic amines) is 7. The number of carbonyl (C=O) groups excluding carboxylic acids is 17. The summed E-state index contributed by atoms with van der Waals surface area (Å²) in [7, 11) is 0. The zero-order valence-electron chi connectivity index (χ0n) is 73.8. The molecule has 7 fully saturated rings. The molecular weight excluding hydrogens is 1710 g/mol. The molecule has 2 aromatic heterocycles. The number of carbonyl (C=O) groups is 18. The fourth-order valence-corrected chi connectivity index (χ4v) is 18.2. The third-order valence-electron chi connectivity index (χ3n) is 24.7. The lowest BCUT2D eigenvalue weighted by atomic mass is 10.0.